The monoisotopic (exact) mass is 270 g/mol. The van der Waals surface area contributed by atoms with Crippen molar-refractivity contribution >= 4 is 18.3 Å². The van der Waals surface area contributed by atoms with Crippen LogP contribution in [0.25, 0.3) is 0 Å². The smallest absolute Gasteiger partial charge is 0.243 e. The molecule has 0 radical (unpaired) electrons. The zero-order chi connectivity index (χ0) is 12.8. The molecule has 0 saturated carbocycles. The molecule has 0 bridgehead atoms. The lowest BCUT2D eigenvalue weighted by Gasteiger charge is -2.21. The third kappa shape index (κ3) is 4.67. The molecule has 2 N–H and O–H groups in total. The molecule has 1 rings (SSSR count). The van der Waals surface area contributed by atoms with Crippen LogP contribution in [0.4, 0.5) is 0 Å². The van der Waals surface area contributed by atoms with Gasteiger partial charge in [-0.15, -0.1) is 12.4 Å². The fourth-order valence-corrected chi connectivity index (χ4v) is 1.66. The first-order chi connectivity index (χ1) is 8.06. The lowest BCUT2D eigenvalue weighted by Crippen LogP contribution is -2.36. The maximum Gasteiger partial charge on any atom is 0.243 e. The summed E-state index contributed by atoms with van der Waals surface area (Å²) in [5.74, 6) is -0.0118. The van der Waals surface area contributed by atoms with E-state index in [0.717, 1.165) is 24.9 Å². The van der Waals surface area contributed by atoms with E-state index in [2.05, 4.69) is 6.92 Å². The molecule has 102 valence electrons. The predicted octanol–water partition coefficient (Wildman–Crippen LogP) is 2.68. The Morgan fingerprint density at radius 3 is 2.39 bits per heavy atom. The van der Waals surface area contributed by atoms with E-state index >= 15 is 0 Å². The van der Waals surface area contributed by atoms with Crippen molar-refractivity contribution in [3.05, 3.63) is 35.4 Å². The SMILES string of the molecule is CCCCN(C)C(=O)C(N)c1ccc(C)cc1.Cl. The second-order valence-electron chi connectivity index (χ2n) is 4.50. The van der Waals surface area contributed by atoms with E-state index in [1.807, 2.05) is 38.2 Å². The molecule has 1 unspecified atom stereocenters. The number of carbonyl (C=O) groups excluding carboxylic acids is 1. The van der Waals surface area contributed by atoms with Gasteiger partial charge < -0.3 is 10.6 Å². The molecule has 0 aromatic heterocycles. The van der Waals surface area contributed by atoms with Crippen LogP contribution in [0.2, 0.25) is 0 Å². The number of hydrogen-bond donors (Lipinski definition) is 1. The molecule has 0 saturated heterocycles. The molecule has 0 aliphatic carbocycles. The number of aryl methyl sites for hydroxylation is 1. The Morgan fingerprint density at radius 1 is 1.33 bits per heavy atom. The number of likely N-dealkylation sites (N-methyl/N-ethyl adjacent to an activating group) is 1. The van der Waals surface area contributed by atoms with Crippen molar-refractivity contribution in [3.63, 3.8) is 0 Å². The Kier molecular flexibility index (Phi) is 7.64. The van der Waals surface area contributed by atoms with Gasteiger partial charge in [0.15, 0.2) is 0 Å². The van der Waals surface area contributed by atoms with Gasteiger partial charge in [-0.25, -0.2) is 0 Å². The van der Waals surface area contributed by atoms with Gasteiger partial charge in [0.05, 0.1) is 0 Å². The molecule has 1 amide bonds. The van der Waals surface area contributed by atoms with Crippen molar-refractivity contribution in [1.29, 1.82) is 0 Å². The Morgan fingerprint density at radius 2 is 1.89 bits per heavy atom. The summed E-state index contributed by atoms with van der Waals surface area (Å²) in [5.41, 5.74) is 8.02. The third-order valence-electron chi connectivity index (χ3n) is 2.93. The first kappa shape index (κ1) is 16.9. The Bertz CT molecular complexity index is 365. The first-order valence-electron chi connectivity index (χ1n) is 6.13. The van der Waals surface area contributed by atoms with Crippen LogP contribution in [-0.2, 0) is 4.79 Å². The molecule has 0 spiro atoms. The molecule has 1 aromatic rings. The molecular weight excluding hydrogens is 248 g/mol. The second-order valence-corrected chi connectivity index (χ2v) is 4.50. The zero-order valence-electron chi connectivity index (χ0n) is 11.3. The third-order valence-corrected chi connectivity index (χ3v) is 2.93. The summed E-state index contributed by atoms with van der Waals surface area (Å²) in [6.07, 6.45) is 2.10. The average Bonchev–Trinajstić information content (AvgIpc) is 2.35. The fraction of sp³-hybridized carbons (Fsp3) is 0.500. The lowest BCUT2D eigenvalue weighted by atomic mass is 10.0. The van der Waals surface area contributed by atoms with Crippen LogP contribution in [0.5, 0.6) is 0 Å². The molecular formula is C14H23ClN2O. The van der Waals surface area contributed by atoms with Gasteiger partial charge >= 0.3 is 0 Å². The standard InChI is InChI=1S/C14H22N2O.ClH/c1-4-5-10-16(3)14(17)13(15)12-8-6-11(2)7-9-12;/h6-9,13H,4-5,10,15H2,1-3H3;1H. The van der Waals surface area contributed by atoms with Gasteiger partial charge in [-0.05, 0) is 18.9 Å². The molecule has 0 aliphatic heterocycles. The predicted molar refractivity (Wildman–Crippen MR) is 77.9 cm³/mol. The Labute approximate surface area is 116 Å². The molecule has 18 heavy (non-hydrogen) atoms. The highest BCUT2D eigenvalue weighted by Gasteiger charge is 2.18. The van der Waals surface area contributed by atoms with Gasteiger partial charge in [-0.3, -0.25) is 4.79 Å². The van der Waals surface area contributed by atoms with Crippen LogP contribution in [0, 0.1) is 6.92 Å². The summed E-state index contributed by atoms with van der Waals surface area (Å²) in [7, 11) is 1.81. The van der Waals surface area contributed by atoms with Crippen LogP contribution in [-0.4, -0.2) is 24.4 Å². The van der Waals surface area contributed by atoms with Gasteiger partial charge in [0.2, 0.25) is 5.91 Å². The number of unbranched alkanes of at least 4 members (excludes halogenated alkanes) is 1. The molecule has 1 aromatic carbocycles. The maximum absolute atomic E-state index is 12.0. The molecule has 0 heterocycles. The van der Waals surface area contributed by atoms with Crippen molar-refractivity contribution in [3.8, 4) is 0 Å². The number of rotatable bonds is 5. The van der Waals surface area contributed by atoms with Crippen LogP contribution >= 0.6 is 12.4 Å². The van der Waals surface area contributed by atoms with Crippen LogP contribution < -0.4 is 5.73 Å². The minimum atomic E-state index is -0.544. The van der Waals surface area contributed by atoms with Crippen LogP contribution in [0.1, 0.15) is 36.9 Å². The number of amides is 1. The van der Waals surface area contributed by atoms with Crippen LogP contribution in [0.15, 0.2) is 24.3 Å². The van der Waals surface area contributed by atoms with Gasteiger partial charge in [-0.2, -0.15) is 0 Å². The van der Waals surface area contributed by atoms with Gasteiger partial charge in [-0.1, -0.05) is 43.2 Å². The quantitative estimate of drug-likeness (QED) is 0.894. The summed E-state index contributed by atoms with van der Waals surface area (Å²) in [6.45, 7) is 4.90. The van der Waals surface area contributed by atoms with E-state index in [1.165, 1.54) is 5.56 Å². The van der Waals surface area contributed by atoms with E-state index < -0.39 is 6.04 Å². The van der Waals surface area contributed by atoms with E-state index in [0.29, 0.717) is 0 Å². The summed E-state index contributed by atoms with van der Waals surface area (Å²) in [5, 5.41) is 0. The van der Waals surface area contributed by atoms with E-state index in [1.54, 1.807) is 4.90 Å². The average molecular weight is 271 g/mol. The lowest BCUT2D eigenvalue weighted by molar-refractivity contribution is -0.131. The number of carbonyl (C=O) groups is 1. The second kappa shape index (κ2) is 8.11. The minimum Gasteiger partial charge on any atom is -0.344 e. The largest absolute Gasteiger partial charge is 0.344 e. The van der Waals surface area contributed by atoms with Crippen molar-refractivity contribution in [2.75, 3.05) is 13.6 Å². The highest BCUT2D eigenvalue weighted by atomic mass is 35.5. The highest BCUT2D eigenvalue weighted by molar-refractivity contribution is 5.85. The van der Waals surface area contributed by atoms with E-state index in [4.69, 9.17) is 5.73 Å². The van der Waals surface area contributed by atoms with E-state index in [9.17, 15) is 4.79 Å². The highest BCUT2D eigenvalue weighted by Crippen LogP contribution is 2.13. The number of benzene rings is 1. The van der Waals surface area contributed by atoms with Crippen molar-refractivity contribution in [2.45, 2.75) is 32.7 Å². The van der Waals surface area contributed by atoms with Crippen molar-refractivity contribution < 1.29 is 4.79 Å². The Hall–Kier alpha value is -1.06. The number of hydrogen-bond acceptors (Lipinski definition) is 2. The maximum atomic E-state index is 12.0. The van der Waals surface area contributed by atoms with Gasteiger partial charge in [0.25, 0.3) is 0 Å². The molecule has 0 fully saturated rings. The summed E-state index contributed by atoms with van der Waals surface area (Å²) < 4.78 is 0. The first-order valence-corrected chi connectivity index (χ1v) is 6.13. The summed E-state index contributed by atoms with van der Waals surface area (Å²) in [4.78, 5) is 13.8. The Balaban J connectivity index is 0.00000289. The molecule has 3 nitrogen and oxygen atoms in total. The topological polar surface area (TPSA) is 46.3 Å². The number of nitrogens with zero attached hydrogens (tertiary/aromatic N) is 1. The molecule has 0 aliphatic rings. The number of nitrogens with two attached hydrogens (primary N) is 1. The molecule has 4 heteroatoms. The van der Waals surface area contributed by atoms with Crippen molar-refractivity contribution in [2.24, 2.45) is 5.73 Å². The summed E-state index contributed by atoms with van der Waals surface area (Å²) >= 11 is 0. The van der Waals surface area contributed by atoms with Crippen LogP contribution in [0.3, 0.4) is 0 Å². The minimum absolute atomic E-state index is 0. The van der Waals surface area contributed by atoms with Gasteiger partial charge in [0, 0.05) is 13.6 Å². The zero-order valence-corrected chi connectivity index (χ0v) is 12.2. The van der Waals surface area contributed by atoms with Gasteiger partial charge in [0.1, 0.15) is 6.04 Å². The molecule has 1 atom stereocenters. The number of halogens is 1. The summed E-state index contributed by atoms with van der Waals surface area (Å²) in [6, 6.07) is 7.26. The fourth-order valence-electron chi connectivity index (χ4n) is 1.66. The normalized spacial score (nSPS) is 11.6. The van der Waals surface area contributed by atoms with Crippen molar-refractivity contribution in [1.82, 2.24) is 4.90 Å². The van der Waals surface area contributed by atoms with E-state index in [-0.39, 0.29) is 18.3 Å².